The molecule has 1 saturated heterocycles. The molecule has 15 heavy (non-hydrogen) atoms. The SMILES string of the molecule is Brc1cccc2nc(C3CCCS3)nn12. The monoisotopic (exact) mass is 283 g/mol. The molecular weight excluding hydrogens is 274 g/mol. The Morgan fingerprint density at radius 3 is 3.13 bits per heavy atom. The van der Waals surface area contributed by atoms with Gasteiger partial charge in [-0.05, 0) is 46.7 Å². The van der Waals surface area contributed by atoms with E-state index in [0.717, 1.165) is 16.1 Å². The largest absolute Gasteiger partial charge is 0.211 e. The summed E-state index contributed by atoms with van der Waals surface area (Å²) in [5, 5.41) is 5.03. The minimum absolute atomic E-state index is 0.497. The fourth-order valence-corrected chi connectivity index (χ4v) is 3.42. The highest BCUT2D eigenvalue weighted by atomic mass is 79.9. The van der Waals surface area contributed by atoms with Gasteiger partial charge in [0.1, 0.15) is 4.60 Å². The summed E-state index contributed by atoms with van der Waals surface area (Å²) in [6.07, 6.45) is 2.49. The van der Waals surface area contributed by atoms with Crippen LogP contribution in [-0.2, 0) is 0 Å². The summed E-state index contributed by atoms with van der Waals surface area (Å²) in [6.45, 7) is 0. The maximum Gasteiger partial charge on any atom is 0.164 e. The molecule has 5 heteroatoms. The van der Waals surface area contributed by atoms with E-state index in [1.165, 1.54) is 18.6 Å². The van der Waals surface area contributed by atoms with Crippen LogP contribution in [0, 0.1) is 0 Å². The summed E-state index contributed by atoms with van der Waals surface area (Å²) < 4.78 is 2.82. The highest BCUT2D eigenvalue weighted by molar-refractivity contribution is 9.10. The van der Waals surface area contributed by atoms with Crippen LogP contribution in [-0.4, -0.2) is 20.4 Å². The molecule has 1 fully saturated rings. The van der Waals surface area contributed by atoms with E-state index in [-0.39, 0.29) is 0 Å². The molecule has 0 radical (unpaired) electrons. The summed E-state index contributed by atoms with van der Waals surface area (Å²) in [4.78, 5) is 4.56. The summed E-state index contributed by atoms with van der Waals surface area (Å²) >= 11 is 5.44. The zero-order valence-corrected chi connectivity index (χ0v) is 10.5. The average molecular weight is 284 g/mol. The lowest BCUT2D eigenvalue weighted by Gasteiger charge is -2.00. The number of hydrogen-bond donors (Lipinski definition) is 0. The van der Waals surface area contributed by atoms with Gasteiger partial charge >= 0.3 is 0 Å². The van der Waals surface area contributed by atoms with Crippen molar-refractivity contribution in [3.8, 4) is 0 Å². The third-order valence-corrected chi connectivity index (χ3v) is 4.52. The zero-order valence-electron chi connectivity index (χ0n) is 8.06. The highest BCUT2D eigenvalue weighted by Gasteiger charge is 2.22. The van der Waals surface area contributed by atoms with Gasteiger partial charge in [-0.25, -0.2) is 9.50 Å². The van der Waals surface area contributed by atoms with Crippen molar-refractivity contribution in [1.29, 1.82) is 0 Å². The second-order valence-corrected chi connectivity index (χ2v) is 5.71. The summed E-state index contributed by atoms with van der Waals surface area (Å²) in [6, 6.07) is 5.95. The quantitative estimate of drug-likeness (QED) is 0.754. The van der Waals surface area contributed by atoms with Crippen LogP contribution >= 0.6 is 27.7 Å². The Hall–Kier alpha value is -0.550. The standard InChI is InChI=1S/C10H10BrN3S/c11-8-4-1-5-9-12-10(13-14(8)9)7-3-2-6-15-7/h1,4-5,7H,2-3,6H2. The molecule has 1 aliphatic rings. The molecule has 1 atom stereocenters. The topological polar surface area (TPSA) is 30.2 Å². The van der Waals surface area contributed by atoms with Gasteiger partial charge in [-0.15, -0.1) is 5.10 Å². The Bertz CT molecular complexity index is 490. The number of hydrogen-bond acceptors (Lipinski definition) is 3. The maximum atomic E-state index is 4.56. The maximum absolute atomic E-state index is 4.56. The first-order valence-corrected chi connectivity index (χ1v) is 6.81. The molecule has 3 heterocycles. The fourth-order valence-electron chi connectivity index (χ4n) is 1.81. The van der Waals surface area contributed by atoms with Gasteiger partial charge < -0.3 is 0 Å². The smallest absolute Gasteiger partial charge is 0.164 e. The second kappa shape index (κ2) is 3.79. The molecule has 3 rings (SSSR count). The Kier molecular flexibility index (Phi) is 2.44. The molecule has 0 bridgehead atoms. The summed E-state index contributed by atoms with van der Waals surface area (Å²) in [5.41, 5.74) is 0.923. The van der Waals surface area contributed by atoms with Crippen molar-refractivity contribution in [3.05, 3.63) is 28.6 Å². The number of halogens is 1. The number of rotatable bonds is 1. The molecule has 1 aliphatic heterocycles. The Morgan fingerprint density at radius 2 is 2.40 bits per heavy atom. The molecule has 2 aromatic rings. The van der Waals surface area contributed by atoms with Crippen LogP contribution in [0.3, 0.4) is 0 Å². The van der Waals surface area contributed by atoms with E-state index in [4.69, 9.17) is 0 Å². The molecule has 0 aliphatic carbocycles. The lowest BCUT2D eigenvalue weighted by Crippen LogP contribution is -1.93. The first-order chi connectivity index (χ1) is 7.34. The number of pyridine rings is 1. The van der Waals surface area contributed by atoms with Gasteiger partial charge in [0.25, 0.3) is 0 Å². The van der Waals surface area contributed by atoms with Crippen molar-refractivity contribution in [2.24, 2.45) is 0 Å². The predicted octanol–water partition coefficient (Wildman–Crippen LogP) is 3.06. The van der Waals surface area contributed by atoms with Crippen molar-refractivity contribution >= 4 is 33.3 Å². The number of fused-ring (bicyclic) bond motifs is 1. The van der Waals surface area contributed by atoms with E-state index < -0.39 is 0 Å². The van der Waals surface area contributed by atoms with Gasteiger partial charge in [0.15, 0.2) is 11.5 Å². The zero-order chi connectivity index (χ0) is 10.3. The van der Waals surface area contributed by atoms with E-state index in [2.05, 4.69) is 26.0 Å². The lowest BCUT2D eigenvalue weighted by molar-refractivity contribution is 0.767. The van der Waals surface area contributed by atoms with Gasteiger partial charge in [-0.2, -0.15) is 11.8 Å². The van der Waals surface area contributed by atoms with Gasteiger partial charge in [0.05, 0.1) is 5.25 Å². The van der Waals surface area contributed by atoms with Crippen LogP contribution in [0.25, 0.3) is 5.65 Å². The fraction of sp³-hybridized carbons (Fsp3) is 0.400. The van der Waals surface area contributed by atoms with Gasteiger partial charge in [-0.3, -0.25) is 0 Å². The third kappa shape index (κ3) is 1.67. The molecule has 0 N–H and O–H groups in total. The van der Waals surface area contributed by atoms with E-state index in [1.807, 2.05) is 34.5 Å². The molecule has 0 saturated carbocycles. The van der Waals surface area contributed by atoms with Crippen LogP contribution in [0.5, 0.6) is 0 Å². The van der Waals surface area contributed by atoms with Crippen LogP contribution in [0.2, 0.25) is 0 Å². The van der Waals surface area contributed by atoms with Crippen LogP contribution in [0.1, 0.15) is 23.9 Å². The molecule has 0 aromatic carbocycles. The molecule has 3 nitrogen and oxygen atoms in total. The molecule has 0 amide bonds. The van der Waals surface area contributed by atoms with Crippen molar-refractivity contribution < 1.29 is 0 Å². The number of aromatic nitrogens is 3. The van der Waals surface area contributed by atoms with Crippen LogP contribution < -0.4 is 0 Å². The summed E-state index contributed by atoms with van der Waals surface area (Å²) in [5.74, 6) is 2.21. The van der Waals surface area contributed by atoms with Crippen molar-refractivity contribution in [3.63, 3.8) is 0 Å². The lowest BCUT2D eigenvalue weighted by atomic mass is 10.2. The summed E-state index contributed by atoms with van der Waals surface area (Å²) in [7, 11) is 0. The first kappa shape index (κ1) is 9.66. The third-order valence-electron chi connectivity index (χ3n) is 2.55. The Labute approximate surface area is 100 Å². The Balaban J connectivity index is 2.09. The molecular formula is C10H10BrN3S. The van der Waals surface area contributed by atoms with Crippen LogP contribution in [0.15, 0.2) is 22.8 Å². The van der Waals surface area contributed by atoms with E-state index in [0.29, 0.717) is 5.25 Å². The number of thioether (sulfide) groups is 1. The normalized spacial score (nSPS) is 21.3. The number of nitrogens with zero attached hydrogens (tertiary/aromatic N) is 3. The van der Waals surface area contributed by atoms with E-state index >= 15 is 0 Å². The van der Waals surface area contributed by atoms with Crippen LogP contribution in [0.4, 0.5) is 0 Å². The van der Waals surface area contributed by atoms with Gasteiger partial charge in [0, 0.05) is 0 Å². The second-order valence-electron chi connectivity index (χ2n) is 3.59. The van der Waals surface area contributed by atoms with E-state index in [1.54, 1.807) is 0 Å². The Morgan fingerprint density at radius 1 is 1.47 bits per heavy atom. The van der Waals surface area contributed by atoms with Gasteiger partial charge in [-0.1, -0.05) is 6.07 Å². The highest BCUT2D eigenvalue weighted by Crippen LogP contribution is 2.38. The average Bonchev–Trinajstić information content (AvgIpc) is 2.86. The molecule has 78 valence electrons. The van der Waals surface area contributed by atoms with E-state index in [9.17, 15) is 0 Å². The minimum Gasteiger partial charge on any atom is -0.211 e. The van der Waals surface area contributed by atoms with Crippen molar-refractivity contribution in [2.75, 3.05) is 5.75 Å². The van der Waals surface area contributed by atoms with Crippen molar-refractivity contribution in [2.45, 2.75) is 18.1 Å². The molecule has 2 aromatic heterocycles. The van der Waals surface area contributed by atoms with Gasteiger partial charge in [0.2, 0.25) is 0 Å². The molecule has 1 unspecified atom stereocenters. The minimum atomic E-state index is 0.497. The van der Waals surface area contributed by atoms with Crippen molar-refractivity contribution in [1.82, 2.24) is 14.6 Å². The predicted molar refractivity (Wildman–Crippen MR) is 65.1 cm³/mol. The first-order valence-electron chi connectivity index (χ1n) is 4.97. The molecule has 0 spiro atoms.